The van der Waals surface area contributed by atoms with Gasteiger partial charge < -0.3 is 25.6 Å². The quantitative estimate of drug-likeness (QED) is 0.268. The number of benzene rings is 1. The molecule has 0 saturated heterocycles. The zero-order valence-electron chi connectivity index (χ0n) is 11.5. The van der Waals surface area contributed by atoms with Gasteiger partial charge in [-0.25, -0.2) is 0 Å². The van der Waals surface area contributed by atoms with Gasteiger partial charge in [-0.2, -0.15) is 0 Å². The molecule has 0 atom stereocenters. The fourth-order valence-electron chi connectivity index (χ4n) is 1.42. The molecule has 0 heterocycles. The Morgan fingerprint density at radius 2 is 2.20 bits per heavy atom. The Labute approximate surface area is 136 Å². The first-order valence-corrected chi connectivity index (χ1v) is 6.16. The maximum absolute atomic E-state index is 8.53. The molecule has 6 nitrogen and oxygen atoms in total. The second-order valence-electron chi connectivity index (χ2n) is 3.81. The summed E-state index contributed by atoms with van der Waals surface area (Å²) in [6, 6.07) is 7.45. The van der Waals surface area contributed by atoms with Crippen molar-refractivity contribution in [3.05, 3.63) is 24.3 Å². The number of guanidine groups is 1. The summed E-state index contributed by atoms with van der Waals surface area (Å²) in [5, 5.41) is 11.5. The van der Waals surface area contributed by atoms with Gasteiger partial charge in [0, 0.05) is 24.9 Å². The third kappa shape index (κ3) is 8.18. The predicted octanol–water partition coefficient (Wildman–Crippen LogP) is 1.44. The van der Waals surface area contributed by atoms with Gasteiger partial charge >= 0.3 is 0 Å². The molecule has 7 heteroatoms. The van der Waals surface area contributed by atoms with E-state index in [0.29, 0.717) is 25.7 Å². The molecule has 4 N–H and O–H groups in total. The van der Waals surface area contributed by atoms with Crippen molar-refractivity contribution in [1.82, 2.24) is 0 Å². The van der Waals surface area contributed by atoms with Gasteiger partial charge in [0.15, 0.2) is 5.96 Å². The molecule has 1 rings (SSSR count). The Morgan fingerprint density at radius 3 is 2.90 bits per heavy atom. The highest BCUT2D eigenvalue weighted by Crippen LogP contribution is 2.16. The van der Waals surface area contributed by atoms with E-state index in [1.807, 2.05) is 24.3 Å². The number of aliphatic hydroxyl groups excluding tert-OH is 1. The van der Waals surface area contributed by atoms with Crippen molar-refractivity contribution in [3.8, 4) is 5.75 Å². The van der Waals surface area contributed by atoms with Gasteiger partial charge in [0.25, 0.3) is 0 Å². The molecule has 1 aromatic carbocycles. The first-order valence-electron chi connectivity index (χ1n) is 6.16. The van der Waals surface area contributed by atoms with Crippen LogP contribution in [0.3, 0.4) is 0 Å². The van der Waals surface area contributed by atoms with Crippen LogP contribution < -0.4 is 15.8 Å². The van der Waals surface area contributed by atoms with E-state index in [1.165, 1.54) is 0 Å². The SMILES string of the molecule is COc1cccc(NC(N)=NCCCOCCO)c1.I. The Bertz CT molecular complexity index is 402. The van der Waals surface area contributed by atoms with E-state index in [2.05, 4.69) is 10.3 Å². The summed E-state index contributed by atoms with van der Waals surface area (Å²) >= 11 is 0. The number of nitrogens with two attached hydrogens (primary N) is 1. The average Bonchev–Trinajstić information content (AvgIpc) is 2.43. The maximum Gasteiger partial charge on any atom is 0.193 e. The summed E-state index contributed by atoms with van der Waals surface area (Å²) in [6.45, 7) is 1.55. The summed E-state index contributed by atoms with van der Waals surface area (Å²) in [5.74, 6) is 1.12. The fourth-order valence-corrected chi connectivity index (χ4v) is 1.42. The number of anilines is 1. The highest BCUT2D eigenvalue weighted by atomic mass is 127. The molecule has 114 valence electrons. The minimum Gasteiger partial charge on any atom is -0.497 e. The van der Waals surface area contributed by atoms with Crippen molar-refractivity contribution < 1.29 is 14.6 Å². The number of nitrogens with zero attached hydrogens (tertiary/aromatic N) is 1. The average molecular weight is 395 g/mol. The molecule has 1 aromatic rings. The van der Waals surface area contributed by atoms with Crippen LogP contribution in [-0.2, 0) is 4.74 Å². The fraction of sp³-hybridized carbons (Fsp3) is 0.462. The van der Waals surface area contributed by atoms with Crippen LogP contribution in [-0.4, -0.2) is 44.5 Å². The lowest BCUT2D eigenvalue weighted by molar-refractivity contribution is 0.0918. The van der Waals surface area contributed by atoms with Gasteiger partial charge in [0.05, 0.1) is 20.3 Å². The summed E-state index contributed by atoms with van der Waals surface area (Å²) in [4.78, 5) is 4.17. The van der Waals surface area contributed by atoms with Gasteiger partial charge in [0.1, 0.15) is 5.75 Å². The number of aliphatic imine (C=N–C) groups is 1. The largest absolute Gasteiger partial charge is 0.497 e. The minimum atomic E-state index is 0. The number of hydrogen-bond donors (Lipinski definition) is 3. The summed E-state index contributed by atoms with van der Waals surface area (Å²) in [5.41, 5.74) is 6.59. The van der Waals surface area contributed by atoms with Gasteiger partial charge in [-0.3, -0.25) is 4.99 Å². The number of hydrogen-bond acceptors (Lipinski definition) is 4. The standard InChI is InChI=1S/C13H21N3O3.HI/c1-18-12-5-2-4-11(10-12)16-13(14)15-6-3-8-19-9-7-17;/h2,4-5,10,17H,3,6-9H2,1H3,(H3,14,15,16);1H. The van der Waals surface area contributed by atoms with Crippen LogP contribution in [0.15, 0.2) is 29.3 Å². The maximum atomic E-state index is 8.53. The number of aliphatic hydroxyl groups is 1. The van der Waals surface area contributed by atoms with E-state index >= 15 is 0 Å². The first kappa shape index (κ1) is 18.9. The van der Waals surface area contributed by atoms with E-state index in [4.69, 9.17) is 20.3 Å². The number of ether oxygens (including phenoxy) is 2. The van der Waals surface area contributed by atoms with Crippen molar-refractivity contribution in [1.29, 1.82) is 0 Å². The molecular weight excluding hydrogens is 373 g/mol. The normalized spacial score (nSPS) is 10.8. The van der Waals surface area contributed by atoms with Crippen LogP contribution in [0, 0.1) is 0 Å². The highest BCUT2D eigenvalue weighted by molar-refractivity contribution is 14.0. The van der Waals surface area contributed by atoms with Crippen molar-refractivity contribution in [3.63, 3.8) is 0 Å². The molecule has 0 unspecified atom stereocenters. The van der Waals surface area contributed by atoms with Crippen LogP contribution in [0.4, 0.5) is 5.69 Å². The highest BCUT2D eigenvalue weighted by Gasteiger charge is 1.97. The van der Waals surface area contributed by atoms with Crippen molar-refractivity contribution >= 4 is 35.6 Å². The van der Waals surface area contributed by atoms with E-state index in [0.717, 1.165) is 17.9 Å². The van der Waals surface area contributed by atoms with Crippen molar-refractivity contribution in [2.45, 2.75) is 6.42 Å². The summed E-state index contributed by atoms with van der Waals surface area (Å²) < 4.78 is 10.2. The van der Waals surface area contributed by atoms with Crippen LogP contribution in [0.1, 0.15) is 6.42 Å². The molecule has 0 aliphatic heterocycles. The predicted molar refractivity (Wildman–Crippen MR) is 91.0 cm³/mol. The van der Waals surface area contributed by atoms with Crippen molar-refractivity contribution in [2.75, 3.05) is 38.8 Å². The zero-order chi connectivity index (χ0) is 13.9. The summed E-state index contributed by atoms with van der Waals surface area (Å²) in [7, 11) is 1.61. The molecule has 0 aromatic heterocycles. The molecule has 0 fully saturated rings. The Hall–Kier alpha value is -1.06. The minimum absolute atomic E-state index is 0. The third-order valence-electron chi connectivity index (χ3n) is 2.31. The third-order valence-corrected chi connectivity index (χ3v) is 2.31. The zero-order valence-corrected chi connectivity index (χ0v) is 13.9. The van der Waals surface area contributed by atoms with Gasteiger partial charge in [0.2, 0.25) is 0 Å². The van der Waals surface area contributed by atoms with E-state index < -0.39 is 0 Å². The van der Waals surface area contributed by atoms with E-state index in [9.17, 15) is 0 Å². The molecule has 0 aliphatic rings. The van der Waals surface area contributed by atoms with Gasteiger partial charge in [-0.15, -0.1) is 24.0 Å². The molecule has 0 radical (unpaired) electrons. The van der Waals surface area contributed by atoms with Gasteiger partial charge in [-0.05, 0) is 18.6 Å². The van der Waals surface area contributed by atoms with Gasteiger partial charge in [-0.1, -0.05) is 6.07 Å². The second kappa shape index (κ2) is 11.7. The monoisotopic (exact) mass is 395 g/mol. The Kier molecular flexibility index (Phi) is 11.1. The lowest BCUT2D eigenvalue weighted by Crippen LogP contribution is -2.23. The molecule has 20 heavy (non-hydrogen) atoms. The molecule has 0 spiro atoms. The number of nitrogens with one attached hydrogen (secondary N) is 1. The molecule has 0 bridgehead atoms. The van der Waals surface area contributed by atoms with Crippen LogP contribution in [0.5, 0.6) is 5.75 Å². The summed E-state index contributed by atoms with van der Waals surface area (Å²) in [6.07, 6.45) is 0.764. The van der Waals surface area contributed by atoms with Crippen LogP contribution in [0.25, 0.3) is 0 Å². The number of rotatable bonds is 8. The first-order chi connectivity index (χ1) is 9.26. The number of methoxy groups -OCH3 is 1. The Morgan fingerprint density at radius 1 is 1.40 bits per heavy atom. The number of halogens is 1. The molecule has 0 amide bonds. The molecule has 0 saturated carbocycles. The smallest absolute Gasteiger partial charge is 0.193 e. The molecule has 0 aliphatic carbocycles. The molecular formula is C13H22IN3O3. The van der Waals surface area contributed by atoms with Crippen LogP contribution >= 0.6 is 24.0 Å². The lowest BCUT2D eigenvalue weighted by atomic mass is 10.3. The Balaban J connectivity index is 0.00000361. The van der Waals surface area contributed by atoms with Crippen LogP contribution in [0.2, 0.25) is 0 Å². The second-order valence-corrected chi connectivity index (χ2v) is 3.81. The van der Waals surface area contributed by atoms with E-state index in [-0.39, 0.29) is 30.6 Å². The lowest BCUT2D eigenvalue weighted by Gasteiger charge is -2.07. The topological polar surface area (TPSA) is 89.1 Å². The van der Waals surface area contributed by atoms with E-state index in [1.54, 1.807) is 7.11 Å². The van der Waals surface area contributed by atoms with Crippen molar-refractivity contribution in [2.24, 2.45) is 10.7 Å².